The number of benzene rings is 1. The topological polar surface area (TPSA) is 89.9 Å². The zero-order valence-corrected chi connectivity index (χ0v) is 11.6. The summed E-state index contributed by atoms with van der Waals surface area (Å²) in [5.74, 6) is 0. The van der Waals surface area contributed by atoms with E-state index in [1.54, 1.807) is 0 Å². The van der Waals surface area contributed by atoms with E-state index in [1.165, 1.54) is 0 Å². The first-order valence-corrected chi connectivity index (χ1v) is 7.45. The Kier molecular flexibility index (Phi) is 2.45. The number of rotatable bonds is 6. The van der Waals surface area contributed by atoms with Crippen molar-refractivity contribution in [1.29, 1.82) is 0 Å². The first-order valence-electron chi connectivity index (χ1n) is 7.45. The number of anilines is 1. The van der Waals surface area contributed by atoms with Gasteiger partial charge >= 0.3 is 0 Å². The Bertz CT molecular complexity index is 691. The van der Waals surface area contributed by atoms with Gasteiger partial charge in [0, 0.05) is 36.1 Å². The van der Waals surface area contributed by atoms with Gasteiger partial charge in [-0.3, -0.25) is 9.15 Å². The third-order valence-electron chi connectivity index (χ3n) is 4.48. The van der Waals surface area contributed by atoms with Crippen molar-refractivity contribution in [3.05, 3.63) is 16.7 Å². The van der Waals surface area contributed by atoms with Gasteiger partial charge in [-0.1, -0.05) is 0 Å². The monoisotopic (exact) mass is 291 g/mol. The Morgan fingerprint density at radius 2 is 1.14 bits per heavy atom. The van der Waals surface area contributed by atoms with E-state index in [0.29, 0.717) is 0 Å². The highest BCUT2D eigenvalue weighted by atomic mass is 17.0. The maximum Gasteiger partial charge on any atom is 0.231 e. The lowest BCUT2D eigenvalue weighted by Gasteiger charge is -2.18. The molecule has 0 saturated carbocycles. The predicted molar refractivity (Wildman–Crippen MR) is 73.2 cm³/mol. The Morgan fingerprint density at radius 3 is 1.62 bits per heavy atom. The van der Waals surface area contributed by atoms with Crippen LogP contribution in [0, 0.1) is 0 Å². The average Bonchev–Trinajstić information content (AvgIpc) is 3.25. The molecule has 5 rings (SSSR count). The molecule has 21 heavy (non-hydrogen) atoms. The van der Waals surface area contributed by atoms with E-state index in [0.717, 1.165) is 72.6 Å². The fraction of sp³-hybridized carbons (Fsp3) is 0.600. The normalized spacial score (nSPS) is 30.0. The predicted octanol–water partition coefficient (Wildman–Crippen LogP) is 1.43. The van der Waals surface area contributed by atoms with E-state index < -0.39 is 0 Å². The summed E-state index contributed by atoms with van der Waals surface area (Å²) in [6, 6.07) is 0. The zero-order chi connectivity index (χ0) is 14.0. The van der Waals surface area contributed by atoms with Crippen LogP contribution in [0.15, 0.2) is 9.15 Å². The fourth-order valence-corrected chi connectivity index (χ4v) is 3.00. The largest absolute Gasteiger partial charge is 0.398 e. The summed E-state index contributed by atoms with van der Waals surface area (Å²) in [6.07, 6.45) is 3.30. The third-order valence-corrected chi connectivity index (χ3v) is 4.48. The van der Waals surface area contributed by atoms with Gasteiger partial charge in [0.2, 0.25) is 11.2 Å². The van der Waals surface area contributed by atoms with Crippen LogP contribution < -0.4 is 5.73 Å². The standard InChI is InChI=1S/C15H17NO5/c16-13-10(1-7-4-17-7)11(2-8-5-18-8)14-15(21-20-14)12(13)3-9-6-19-9/h7-9H,1-6,16H2. The molecule has 0 aliphatic carbocycles. The van der Waals surface area contributed by atoms with E-state index in [1.807, 2.05) is 0 Å². The Balaban J connectivity index is 1.61. The first kappa shape index (κ1) is 12.1. The van der Waals surface area contributed by atoms with Crippen molar-refractivity contribution in [3.63, 3.8) is 0 Å². The molecule has 0 bridgehead atoms. The molecule has 2 aromatic rings. The van der Waals surface area contributed by atoms with E-state index in [2.05, 4.69) is 0 Å². The van der Waals surface area contributed by atoms with Gasteiger partial charge in [0.1, 0.15) is 0 Å². The molecule has 3 atom stereocenters. The van der Waals surface area contributed by atoms with Gasteiger partial charge in [-0.25, -0.2) is 0 Å². The van der Waals surface area contributed by atoms with Gasteiger partial charge in [0.15, 0.2) is 0 Å². The zero-order valence-electron chi connectivity index (χ0n) is 11.6. The van der Waals surface area contributed by atoms with Gasteiger partial charge in [-0.15, -0.1) is 0 Å². The maximum absolute atomic E-state index is 6.45. The van der Waals surface area contributed by atoms with Crippen LogP contribution in [0.5, 0.6) is 0 Å². The van der Waals surface area contributed by atoms with Crippen LogP contribution in [0.4, 0.5) is 5.69 Å². The molecule has 6 heteroatoms. The molecular weight excluding hydrogens is 274 g/mol. The second-order valence-corrected chi connectivity index (χ2v) is 6.15. The van der Waals surface area contributed by atoms with Gasteiger partial charge in [-0.05, 0) is 5.56 Å². The summed E-state index contributed by atoms with van der Waals surface area (Å²) in [7, 11) is 0. The van der Waals surface area contributed by atoms with Crippen LogP contribution in [-0.2, 0) is 33.5 Å². The van der Waals surface area contributed by atoms with Crippen molar-refractivity contribution >= 4 is 16.9 Å². The van der Waals surface area contributed by atoms with Crippen molar-refractivity contribution in [3.8, 4) is 0 Å². The van der Waals surface area contributed by atoms with Crippen LogP contribution in [-0.4, -0.2) is 38.1 Å². The molecule has 3 fully saturated rings. The number of hydrogen-bond acceptors (Lipinski definition) is 6. The molecule has 3 unspecified atom stereocenters. The molecule has 1 aromatic carbocycles. The minimum Gasteiger partial charge on any atom is -0.398 e. The molecule has 4 heterocycles. The molecular formula is C15H17NO5. The summed E-state index contributed by atoms with van der Waals surface area (Å²) in [5, 5.41) is 0. The van der Waals surface area contributed by atoms with Crippen LogP contribution in [0.2, 0.25) is 0 Å². The highest BCUT2D eigenvalue weighted by molar-refractivity contribution is 5.87. The van der Waals surface area contributed by atoms with Gasteiger partial charge in [-0.2, -0.15) is 0 Å². The Labute approximate surface area is 121 Å². The molecule has 0 amide bonds. The molecule has 3 aliphatic rings. The minimum atomic E-state index is 0.267. The lowest BCUT2D eigenvalue weighted by Crippen LogP contribution is -2.12. The highest BCUT2D eigenvalue weighted by Gasteiger charge is 2.35. The maximum atomic E-state index is 6.45. The average molecular weight is 291 g/mol. The number of ether oxygens (including phenoxy) is 3. The number of fused-ring (bicyclic) bond motifs is 1. The molecule has 2 N–H and O–H groups in total. The number of nitrogen functional groups attached to an aromatic ring is 1. The van der Waals surface area contributed by atoms with Crippen molar-refractivity contribution in [2.45, 2.75) is 37.6 Å². The van der Waals surface area contributed by atoms with E-state index in [-0.39, 0.29) is 18.3 Å². The van der Waals surface area contributed by atoms with Crippen molar-refractivity contribution in [2.24, 2.45) is 0 Å². The lowest BCUT2D eigenvalue weighted by atomic mass is 9.91. The second kappa shape index (κ2) is 4.25. The molecule has 112 valence electrons. The summed E-state index contributed by atoms with van der Waals surface area (Å²) in [6.45, 7) is 2.43. The molecule has 3 saturated heterocycles. The van der Waals surface area contributed by atoms with Crippen molar-refractivity contribution in [1.82, 2.24) is 0 Å². The second-order valence-electron chi connectivity index (χ2n) is 6.15. The summed E-state index contributed by atoms with van der Waals surface area (Å²) in [5.41, 5.74) is 12.2. The summed E-state index contributed by atoms with van der Waals surface area (Å²) < 4.78 is 26.6. The van der Waals surface area contributed by atoms with Gasteiger partial charge in [0.25, 0.3) is 0 Å². The molecule has 1 aromatic heterocycles. The van der Waals surface area contributed by atoms with E-state index in [9.17, 15) is 0 Å². The number of hydrogen-bond donors (Lipinski definition) is 1. The number of nitrogens with two attached hydrogens (primary N) is 1. The molecule has 0 spiro atoms. The van der Waals surface area contributed by atoms with Crippen molar-refractivity contribution < 1.29 is 23.4 Å². The summed E-state index contributed by atoms with van der Waals surface area (Å²) >= 11 is 0. The van der Waals surface area contributed by atoms with Gasteiger partial charge in [0.05, 0.1) is 38.1 Å². The minimum absolute atomic E-state index is 0.267. The number of epoxide rings is 3. The van der Waals surface area contributed by atoms with E-state index >= 15 is 0 Å². The molecule has 0 radical (unpaired) electrons. The Hall–Kier alpha value is -1.50. The lowest BCUT2D eigenvalue weighted by molar-refractivity contribution is 0.0570. The first-order chi connectivity index (χ1) is 10.3. The van der Waals surface area contributed by atoms with Crippen molar-refractivity contribution in [2.75, 3.05) is 25.6 Å². The fourth-order valence-electron chi connectivity index (χ4n) is 3.00. The van der Waals surface area contributed by atoms with Crippen LogP contribution >= 0.6 is 0 Å². The van der Waals surface area contributed by atoms with Crippen LogP contribution in [0.25, 0.3) is 11.2 Å². The summed E-state index contributed by atoms with van der Waals surface area (Å²) in [4.78, 5) is 0. The van der Waals surface area contributed by atoms with Crippen LogP contribution in [0.3, 0.4) is 0 Å². The van der Waals surface area contributed by atoms with Crippen LogP contribution in [0.1, 0.15) is 16.7 Å². The molecule has 6 nitrogen and oxygen atoms in total. The Morgan fingerprint density at radius 1 is 0.714 bits per heavy atom. The van der Waals surface area contributed by atoms with E-state index in [4.69, 9.17) is 29.1 Å². The van der Waals surface area contributed by atoms with Gasteiger partial charge < -0.3 is 19.9 Å². The molecule has 3 aliphatic heterocycles. The SMILES string of the molecule is Nc1c(CC2CO2)c(CC2CO2)c2ooc2c1CC1CO1. The smallest absolute Gasteiger partial charge is 0.231 e. The quantitative estimate of drug-likeness (QED) is 0.492. The highest BCUT2D eigenvalue weighted by Crippen LogP contribution is 2.40. The third kappa shape index (κ3) is 2.14.